The number of hydrogen-bond acceptors (Lipinski definition) is 5. The van der Waals surface area contributed by atoms with Crippen LogP contribution in [0.25, 0.3) is 0 Å². The Balaban J connectivity index is 0. The molecule has 0 saturated heterocycles. The minimum absolute atomic E-state index is 0.322. The van der Waals surface area contributed by atoms with Crippen LogP contribution in [0.15, 0.2) is 0 Å². The Morgan fingerprint density at radius 1 is 1.00 bits per heavy atom. The van der Waals surface area contributed by atoms with Crippen LogP contribution in [0, 0.1) is 0 Å². The van der Waals surface area contributed by atoms with E-state index in [9.17, 15) is 4.79 Å². The maximum Gasteiger partial charge on any atom is 0.325 e. The Morgan fingerprint density at radius 3 is 1.43 bits per heavy atom. The summed E-state index contributed by atoms with van der Waals surface area (Å²) in [6, 6.07) is -0.889. The molecule has 0 saturated carbocycles. The van der Waals surface area contributed by atoms with Crippen LogP contribution >= 0.6 is 0 Å². The van der Waals surface area contributed by atoms with Crippen LogP contribution in [0.1, 0.15) is 41.5 Å². The van der Waals surface area contributed by atoms with E-state index in [0.29, 0.717) is 10.1 Å². The molecular weight excluding hydrogens is 326 g/mol. The van der Waals surface area contributed by atoms with E-state index in [2.05, 4.69) is 72.5 Å². The number of rotatable bonds is 4. The van der Waals surface area contributed by atoms with Crippen molar-refractivity contribution in [1.29, 1.82) is 0 Å². The van der Waals surface area contributed by atoms with Crippen molar-refractivity contribution in [1.82, 2.24) is 0 Å². The van der Waals surface area contributed by atoms with Crippen molar-refractivity contribution in [3.05, 3.63) is 0 Å². The number of aliphatic hydroxyl groups excluding tert-OH is 1. The van der Waals surface area contributed by atoms with Gasteiger partial charge in [-0.15, -0.1) is 0 Å². The number of esters is 1. The molecule has 0 bridgehead atoms. The molecule has 0 aromatic carbocycles. The molecule has 1 unspecified atom stereocenters. The van der Waals surface area contributed by atoms with Crippen LogP contribution in [0.3, 0.4) is 0 Å². The highest BCUT2D eigenvalue weighted by molar-refractivity contribution is 6.87. The van der Waals surface area contributed by atoms with E-state index < -0.39 is 28.6 Å². The summed E-state index contributed by atoms with van der Waals surface area (Å²) in [4.78, 5) is 10.2. The first-order valence-corrected chi connectivity index (χ1v) is 13.9. The number of hydrogen-bond donors (Lipinski definition) is 2. The molecule has 3 N–H and O–H groups in total. The molecule has 0 radical (unpaired) electrons. The number of methoxy groups -OCH3 is 1. The van der Waals surface area contributed by atoms with E-state index in [4.69, 9.17) is 15.0 Å². The number of carbonyl (C=O) groups is 1. The van der Waals surface area contributed by atoms with E-state index in [-0.39, 0.29) is 6.61 Å². The van der Waals surface area contributed by atoms with E-state index in [1.165, 1.54) is 7.11 Å². The lowest BCUT2D eigenvalue weighted by atomic mass is 10.2. The van der Waals surface area contributed by atoms with Gasteiger partial charge in [0.1, 0.15) is 6.04 Å². The van der Waals surface area contributed by atoms with E-state index >= 15 is 0 Å². The van der Waals surface area contributed by atoms with Gasteiger partial charge in [-0.2, -0.15) is 0 Å². The molecule has 0 spiro atoms. The van der Waals surface area contributed by atoms with Gasteiger partial charge in [-0.3, -0.25) is 4.79 Å². The van der Waals surface area contributed by atoms with Gasteiger partial charge in [-0.1, -0.05) is 41.5 Å². The van der Waals surface area contributed by atoms with Crippen LogP contribution in [0.2, 0.25) is 36.3 Å². The molecule has 5 nitrogen and oxygen atoms in total. The molecule has 0 heterocycles. The number of carbonyl (C=O) groups excluding carboxylic acids is 1. The monoisotopic (exact) mass is 365 g/mol. The molecule has 0 aliphatic carbocycles. The van der Waals surface area contributed by atoms with Crippen LogP contribution < -0.4 is 5.73 Å². The lowest BCUT2D eigenvalue weighted by Gasteiger charge is -2.47. The van der Waals surface area contributed by atoms with Crippen molar-refractivity contribution in [3.63, 3.8) is 0 Å². The van der Waals surface area contributed by atoms with Gasteiger partial charge in [-0.25, -0.2) is 0 Å². The molecule has 0 aliphatic heterocycles. The van der Waals surface area contributed by atoms with E-state index in [1.807, 2.05) is 0 Å². The van der Waals surface area contributed by atoms with Gasteiger partial charge in [0.15, 0.2) is 16.6 Å². The van der Waals surface area contributed by atoms with Crippen molar-refractivity contribution in [2.75, 3.05) is 13.7 Å². The number of nitrogens with two attached hydrogens (primary N) is 1. The van der Waals surface area contributed by atoms with Gasteiger partial charge >= 0.3 is 5.97 Å². The summed E-state index contributed by atoms with van der Waals surface area (Å²) >= 11 is 0. The SMILES string of the molecule is CC(C)(C)[Si](C)(C)O[Si](C)(C)C(C)(C)C.COC(=O)C(N)CO. The summed E-state index contributed by atoms with van der Waals surface area (Å²) < 4.78 is 10.8. The Kier molecular flexibility index (Phi) is 9.53. The summed E-state index contributed by atoms with van der Waals surface area (Å²) in [5, 5.41) is 8.85. The smallest absolute Gasteiger partial charge is 0.325 e. The Labute approximate surface area is 145 Å². The average molecular weight is 366 g/mol. The molecule has 0 aromatic rings. The maximum absolute atomic E-state index is 10.2. The summed E-state index contributed by atoms with van der Waals surface area (Å²) in [5.41, 5.74) is 5.00. The lowest BCUT2D eigenvalue weighted by Crippen LogP contribution is -2.53. The van der Waals surface area contributed by atoms with Gasteiger partial charge in [0.2, 0.25) is 0 Å². The van der Waals surface area contributed by atoms with Gasteiger partial charge in [0.05, 0.1) is 13.7 Å². The van der Waals surface area contributed by atoms with E-state index in [0.717, 1.165) is 0 Å². The molecule has 0 amide bonds. The molecule has 23 heavy (non-hydrogen) atoms. The predicted molar refractivity (Wildman–Crippen MR) is 103 cm³/mol. The maximum atomic E-state index is 10.2. The lowest BCUT2D eigenvalue weighted by molar-refractivity contribution is -0.143. The van der Waals surface area contributed by atoms with Crippen LogP contribution in [0.4, 0.5) is 0 Å². The third kappa shape index (κ3) is 8.44. The molecule has 1 atom stereocenters. The fraction of sp³-hybridized carbons (Fsp3) is 0.938. The zero-order valence-corrected chi connectivity index (χ0v) is 19.0. The van der Waals surface area contributed by atoms with Crippen LogP contribution in [-0.4, -0.2) is 47.5 Å². The standard InChI is InChI=1S/C12H30OSi2.C4H9NO3/c1-11(2,3)14(7,8)13-15(9,10)12(4,5)6;1-8-4(7)3(5)2-6/h1-10H3;3,6H,2,5H2,1H3. The van der Waals surface area contributed by atoms with Gasteiger partial charge in [0, 0.05) is 0 Å². The van der Waals surface area contributed by atoms with Gasteiger partial charge < -0.3 is 19.7 Å². The second-order valence-corrected chi connectivity index (χ2v) is 18.8. The predicted octanol–water partition coefficient (Wildman–Crippen LogP) is 3.49. The highest BCUT2D eigenvalue weighted by atomic mass is 28.4. The Morgan fingerprint density at radius 2 is 1.30 bits per heavy atom. The van der Waals surface area contributed by atoms with Crippen molar-refractivity contribution >= 4 is 22.6 Å². The summed E-state index contributed by atoms with van der Waals surface area (Å²) in [5.74, 6) is -0.590. The quantitative estimate of drug-likeness (QED) is 0.588. The highest BCUT2D eigenvalue weighted by Crippen LogP contribution is 2.44. The Bertz CT molecular complexity index is 347. The molecule has 0 aliphatic rings. The van der Waals surface area contributed by atoms with Gasteiger partial charge in [-0.05, 0) is 36.3 Å². The summed E-state index contributed by atoms with van der Waals surface area (Å²) in [6.07, 6.45) is 0. The fourth-order valence-corrected chi connectivity index (χ4v) is 8.72. The topological polar surface area (TPSA) is 81.8 Å². The fourth-order valence-electron chi connectivity index (χ4n) is 1.17. The minimum atomic E-state index is -1.59. The molecule has 140 valence electrons. The average Bonchev–Trinajstić information content (AvgIpc) is 2.33. The zero-order chi connectivity index (χ0) is 19.3. The van der Waals surface area contributed by atoms with Crippen molar-refractivity contribution in [3.8, 4) is 0 Å². The third-order valence-corrected chi connectivity index (χ3v) is 16.1. The van der Waals surface area contributed by atoms with Crippen molar-refractivity contribution < 1.29 is 18.8 Å². The molecule has 7 heteroatoms. The van der Waals surface area contributed by atoms with Crippen LogP contribution in [-0.2, 0) is 13.6 Å². The normalized spacial score (nSPS) is 14.7. The minimum Gasteiger partial charge on any atom is -0.468 e. The van der Waals surface area contributed by atoms with Crippen molar-refractivity contribution in [2.45, 2.75) is 83.8 Å². The first kappa shape index (κ1) is 25.0. The largest absolute Gasteiger partial charge is 0.468 e. The Hall–Kier alpha value is -0.216. The molecule has 0 fully saturated rings. The van der Waals surface area contributed by atoms with Crippen LogP contribution in [0.5, 0.6) is 0 Å². The van der Waals surface area contributed by atoms with Crippen molar-refractivity contribution in [2.24, 2.45) is 5.73 Å². The van der Waals surface area contributed by atoms with E-state index in [1.54, 1.807) is 0 Å². The summed E-state index contributed by atoms with van der Waals surface area (Å²) in [6.45, 7) is 22.9. The first-order valence-electron chi connectivity index (χ1n) is 8.07. The zero-order valence-electron chi connectivity index (χ0n) is 17.0. The van der Waals surface area contributed by atoms with Gasteiger partial charge in [0.25, 0.3) is 0 Å². The molecular formula is C16H39NO4Si2. The summed E-state index contributed by atoms with van der Waals surface area (Å²) in [7, 11) is -1.96. The second-order valence-electron chi connectivity index (χ2n) is 8.93. The second kappa shape index (κ2) is 8.76. The highest BCUT2D eigenvalue weighted by Gasteiger charge is 2.46. The number of ether oxygens (including phenoxy) is 1. The molecule has 0 rings (SSSR count). The first-order chi connectivity index (χ1) is 9.93. The third-order valence-electron chi connectivity index (χ3n) is 4.82. The number of aliphatic hydroxyl groups is 1. The molecule has 0 aromatic heterocycles.